The molecule has 154 valence electrons. The molecule has 1 aromatic heterocycles. The Bertz CT molecular complexity index is 858. The lowest BCUT2D eigenvalue weighted by atomic mass is 9.87. The highest BCUT2D eigenvalue weighted by Crippen LogP contribution is 2.22. The van der Waals surface area contributed by atoms with Gasteiger partial charge in [-0.3, -0.25) is 14.4 Å². The van der Waals surface area contributed by atoms with Crippen molar-refractivity contribution in [3.8, 4) is 0 Å². The Morgan fingerprint density at radius 2 is 1.55 bits per heavy atom. The third-order valence-corrected chi connectivity index (χ3v) is 5.10. The number of hydrogen-bond acceptors (Lipinski definition) is 4. The second-order valence-corrected chi connectivity index (χ2v) is 8.20. The molecule has 1 aliphatic heterocycles. The van der Waals surface area contributed by atoms with Gasteiger partial charge in [0.05, 0.1) is 18.4 Å². The van der Waals surface area contributed by atoms with E-state index >= 15 is 0 Å². The smallest absolute Gasteiger partial charge is 0.257 e. The number of rotatable bonds is 4. The van der Waals surface area contributed by atoms with Gasteiger partial charge in [0.2, 0.25) is 5.91 Å². The van der Waals surface area contributed by atoms with Gasteiger partial charge in [0.25, 0.3) is 11.8 Å². The molecular weight excluding hydrogens is 370 g/mol. The van der Waals surface area contributed by atoms with Crippen LogP contribution >= 0.6 is 0 Å². The van der Waals surface area contributed by atoms with Crippen LogP contribution in [0.15, 0.2) is 47.3 Å². The predicted molar refractivity (Wildman–Crippen MR) is 109 cm³/mol. The summed E-state index contributed by atoms with van der Waals surface area (Å²) in [5.41, 5.74) is 2.20. The van der Waals surface area contributed by atoms with E-state index in [9.17, 15) is 14.4 Å². The van der Waals surface area contributed by atoms with Crippen molar-refractivity contribution >= 4 is 17.7 Å². The summed E-state index contributed by atoms with van der Waals surface area (Å²) in [5, 5.41) is 2.69. The molecule has 0 saturated carbocycles. The lowest BCUT2D eigenvalue weighted by molar-refractivity contribution is -0.131. The minimum absolute atomic E-state index is 0.0200. The number of nitrogens with one attached hydrogen (secondary N) is 1. The Balaban J connectivity index is 1.46. The first-order valence-electron chi connectivity index (χ1n) is 9.74. The third-order valence-electron chi connectivity index (χ3n) is 5.10. The van der Waals surface area contributed by atoms with E-state index in [0.29, 0.717) is 37.3 Å². The maximum Gasteiger partial charge on any atom is 0.257 e. The van der Waals surface area contributed by atoms with Gasteiger partial charge in [-0.1, -0.05) is 32.9 Å². The van der Waals surface area contributed by atoms with Crippen molar-refractivity contribution in [2.75, 3.05) is 32.7 Å². The summed E-state index contributed by atoms with van der Waals surface area (Å²) in [6.07, 6.45) is 2.88. The van der Waals surface area contributed by atoms with Crippen molar-refractivity contribution in [1.82, 2.24) is 15.1 Å². The number of piperazine rings is 1. The molecule has 29 heavy (non-hydrogen) atoms. The van der Waals surface area contributed by atoms with E-state index in [1.165, 1.54) is 12.5 Å². The van der Waals surface area contributed by atoms with Gasteiger partial charge in [-0.2, -0.15) is 0 Å². The SMILES string of the molecule is CC(C)(C)c1ccc(C(=O)NCC(=O)N2CCN(C(=O)c3ccoc3)CC2)cc1. The summed E-state index contributed by atoms with van der Waals surface area (Å²) in [6.45, 7) is 8.08. The van der Waals surface area contributed by atoms with Crippen LogP contribution in [0.25, 0.3) is 0 Å². The van der Waals surface area contributed by atoms with Gasteiger partial charge in [-0.05, 0) is 29.2 Å². The molecule has 0 bridgehead atoms. The molecule has 0 unspecified atom stereocenters. The molecule has 3 rings (SSSR count). The van der Waals surface area contributed by atoms with Gasteiger partial charge in [-0.15, -0.1) is 0 Å². The molecular formula is C22H27N3O4. The van der Waals surface area contributed by atoms with E-state index in [0.717, 1.165) is 5.56 Å². The zero-order valence-corrected chi connectivity index (χ0v) is 17.1. The number of benzene rings is 1. The summed E-state index contributed by atoms with van der Waals surface area (Å²) < 4.78 is 4.95. The van der Waals surface area contributed by atoms with E-state index in [-0.39, 0.29) is 29.7 Å². The minimum atomic E-state index is -0.271. The van der Waals surface area contributed by atoms with Crippen molar-refractivity contribution in [3.63, 3.8) is 0 Å². The molecule has 7 heteroatoms. The number of carbonyl (C=O) groups is 3. The first-order chi connectivity index (χ1) is 13.8. The molecule has 1 aliphatic rings. The summed E-state index contributed by atoms with van der Waals surface area (Å²) in [6, 6.07) is 9.06. The number of amides is 3. The van der Waals surface area contributed by atoms with Crippen LogP contribution in [0.5, 0.6) is 0 Å². The second-order valence-electron chi connectivity index (χ2n) is 8.20. The van der Waals surface area contributed by atoms with Gasteiger partial charge in [0, 0.05) is 31.7 Å². The normalized spacial score (nSPS) is 14.6. The van der Waals surface area contributed by atoms with Crippen LogP contribution < -0.4 is 5.32 Å². The zero-order chi connectivity index (χ0) is 21.0. The van der Waals surface area contributed by atoms with Crippen LogP contribution in [0.1, 0.15) is 47.1 Å². The summed E-state index contributed by atoms with van der Waals surface area (Å²) in [7, 11) is 0. The van der Waals surface area contributed by atoms with Crippen molar-refractivity contribution in [1.29, 1.82) is 0 Å². The molecule has 0 spiro atoms. The highest BCUT2D eigenvalue weighted by Gasteiger charge is 2.25. The van der Waals surface area contributed by atoms with Crippen molar-refractivity contribution in [2.45, 2.75) is 26.2 Å². The monoisotopic (exact) mass is 397 g/mol. The molecule has 0 atom stereocenters. The molecule has 1 saturated heterocycles. The summed E-state index contributed by atoms with van der Waals surface area (Å²) in [4.78, 5) is 40.4. The van der Waals surface area contributed by atoms with Crippen LogP contribution in [-0.4, -0.2) is 60.2 Å². The zero-order valence-electron chi connectivity index (χ0n) is 17.1. The summed E-state index contributed by atoms with van der Waals surface area (Å²) >= 11 is 0. The number of nitrogens with zero attached hydrogens (tertiary/aromatic N) is 2. The van der Waals surface area contributed by atoms with Crippen molar-refractivity contribution < 1.29 is 18.8 Å². The van der Waals surface area contributed by atoms with Crippen LogP contribution in [0.3, 0.4) is 0 Å². The average molecular weight is 397 g/mol. The fraction of sp³-hybridized carbons (Fsp3) is 0.409. The van der Waals surface area contributed by atoms with Gasteiger partial charge in [0.1, 0.15) is 6.26 Å². The molecule has 2 aromatic rings. The van der Waals surface area contributed by atoms with Crippen LogP contribution in [0.2, 0.25) is 0 Å². The number of carbonyl (C=O) groups excluding carboxylic acids is 3. The Morgan fingerprint density at radius 3 is 2.10 bits per heavy atom. The van der Waals surface area contributed by atoms with Crippen LogP contribution in [-0.2, 0) is 10.2 Å². The predicted octanol–water partition coefficient (Wildman–Crippen LogP) is 2.29. The van der Waals surface area contributed by atoms with E-state index < -0.39 is 0 Å². The fourth-order valence-electron chi connectivity index (χ4n) is 3.22. The quantitative estimate of drug-likeness (QED) is 0.858. The van der Waals surface area contributed by atoms with Crippen molar-refractivity contribution in [3.05, 3.63) is 59.5 Å². The van der Waals surface area contributed by atoms with Gasteiger partial charge >= 0.3 is 0 Å². The first-order valence-corrected chi connectivity index (χ1v) is 9.74. The Kier molecular flexibility index (Phi) is 6.06. The van der Waals surface area contributed by atoms with E-state index in [1.807, 2.05) is 12.1 Å². The largest absolute Gasteiger partial charge is 0.472 e. The Morgan fingerprint density at radius 1 is 0.931 bits per heavy atom. The van der Waals surface area contributed by atoms with Gasteiger partial charge in [-0.25, -0.2) is 0 Å². The van der Waals surface area contributed by atoms with Crippen LogP contribution in [0.4, 0.5) is 0 Å². The highest BCUT2D eigenvalue weighted by atomic mass is 16.3. The Hall–Kier alpha value is -3.09. The van der Waals surface area contributed by atoms with E-state index in [4.69, 9.17) is 4.42 Å². The maximum absolute atomic E-state index is 12.4. The molecule has 7 nitrogen and oxygen atoms in total. The number of furan rings is 1. The molecule has 0 aliphatic carbocycles. The molecule has 1 fully saturated rings. The first kappa shape index (κ1) is 20.6. The van der Waals surface area contributed by atoms with Gasteiger partial charge < -0.3 is 19.5 Å². The molecule has 2 heterocycles. The lowest BCUT2D eigenvalue weighted by Gasteiger charge is -2.34. The Labute approximate surface area is 170 Å². The topological polar surface area (TPSA) is 82.9 Å². The van der Waals surface area contributed by atoms with Crippen molar-refractivity contribution in [2.24, 2.45) is 0 Å². The molecule has 1 aromatic carbocycles. The summed E-state index contributed by atoms with van der Waals surface area (Å²) in [5.74, 6) is -0.523. The van der Waals surface area contributed by atoms with E-state index in [1.54, 1.807) is 28.0 Å². The lowest BCUT2D eigenvalue weighted by Crippen LogP contribution is -2.52. The molecule has 0 radical (unpaired) electrons. The van der Waals surface area contributed by atoms with Gasteiger partial charge in [0.15, 0.2) is 0 Å². The second kappa shape index (κ2) is 8.51. The molecule has 3 amide bonds. The molecule has 1 N–H and O–H groups in total. The third kappa shape index (κ3) is 5.04. The fourth-order valence-corrected chi connectivity index (χ4v) is 3.22. The standard InChI is InChI=1S/C22H27N3O4/c1-22(2,3)18-6-4-16(5-7-18)20(27)23-14-19(26)24-9-11-25(12-10-24)21(28)17-8-13-29-15-17/h4-8,13,15H,9-12,14H2,1-3H3,(H,23,27). The minimum Gasteiger partial charge on any atom is -0.472 e. The van der Waals surface area contributed by atoms with E-state index in [2.05, 4.69) is 26.1 Å². The number of hydrogen-bond donors (Lipinski definition) is 1. The maximum atomic E-state index is 12.4. The average Bonchev–Trinajstić information content (AvgIpc) is 3.25. The highest BCUT2D eigenvalue weighted by molar-refractivity contribution is 5.96. The van der Waals surface area contributed by atoms with Crippen LogP contribution in [0, 0.1) is 0 Å².